The third-order valence-corrected chi connectivity index (χ3v) is 4.03. The first kappa shape index (κ1) is 14.9. The summed E-state index contributed by atoms with van der Waals surface area (Å²) in [6.45, 7) is 2.41. The fourth-order valence-corrected chi connectivity index (χ4v) is 2.70. The van der Waals surface area contributed by atoms with Crippen molar-refractivity contribution in [2.24, 2.45) is 11.7 Å². The first-order valence-corrected chi connectivity index (χ1v) is 7.01. The standard InChI is InChI=1S/C15H21FN2O2/c16-13-4-2-1-3-11(13)5-8-18-9-6-12(7-10-18)14(19)15(17)20/h1-4,12,14,19H,5-10H2,(H2,17,20)/t14-/m1/s1. The van der Waals surface area contributed by atoms with Crippen LogP contribution in [0.4, 0.5) is 4.39 Å². The van der Waals surface area contributed by atoms with Crippen molar-refractivity contribution in [2.45, 2.75) is 25.4 Å². The number of rotatable bonds is 5. The van der Waals surface area contributed by atoms with Crippen molar-refractivity contribution in [2.75, 3.05) is 19.6 Å². The Morgan fingerprint density at radius 2 is 2.05 bits per heavy atom. The van der Waals surface area contributed by atoms with Crippen LogP contribution in [0.1, 0.15) is 18.4 Å². The number of primary amides is 1. The monoisotopic (exact) mass is 280 g/mol. The molecule has 1 aliphatic heterocycles. The van der Waals surface area contributed by atoms with Gasteiger partial charge in [0.1, 0.15) is 11.9 Å². The fourth-order valence-electron chi connectivity index (χ4n) is 2.70. The summed E-state index contributed by atoms with van der Waals surface area (Å²) >= 11 is 0. The highest BCUT2D eigenvalue weighted by atomic mass is 19.1. The predicted molar refractivity (Wildman–Crippen MR) is 74.5 cm³/mol. The molecule has 1 amide bonds. The molecular formula is C15H21FN2O2. The molecule has 0 spiro atoms. The summed E-state index contributed by atoms with van der Waals surface area (Å²) in [5, 5.41) is 9.64. The van der Waals surface area contributed by atoms with E-state index in [0.29, 0.717) is 6.42 Å². The van der Waals surface area contributed by atoms with Crippen LogP contribution in [-0.2, 0) is 11.2 Å². The zero-order chi connectivity index (χ0) is 14.5. The third-order valence-electron chi connectivity index (χ3n) is 4.03. The second kappa shape index (κ2) is 6.81. The van der Waals surface area contributed by atoms with Crippen molar-refractivity contribution in [3.63, 3.8) is 0 Å². The zero-order valence-corrected chi connectivity index (χ0v) is 11.5. The molecule has 0 unspecified atom stereocenters. The van der Waals surface area contributed by atoms with Crippen LogP contribution in [0.3, 0.4) is 0 Å². The summed E-state index contributed by atoms with van der Waals surface area (Å²) in [6, 6.07) is 6.81. The molecule has 5 heteroatoms. The second-order valence-electron chi connectivity index (χ2n) is 5.37. The largest absolute Gasteiger partial charge is 0.383 e. The van der Waals surface area contributed by atoms with Gasteiger partial charge in [-0.3, -0.25) is 4.79 Å². The number of hydrogen-bond acceptors (Lipinski definition) is 3. The molecule has 0 bridgehead atoms. The Hall–Kier alpha value is -1.46. The van der Waals surface area contributed by atoms with E-state index in [1.54, 1.807) is 12.1 Å². The number of halogens is 1. The van der Waals surface area contributed by atoms with E-state index in [-0.39, 0.29) is 11.7 Å². The van der Waals surface area contributed by atoms with Crippen LogP contribution in [0, 0.1) is 11.7 Å². The quantitative estimate of drug-likeness (QED) is 0.843. The maximum atomic E-state index is 13.5. The number of aliphatic hydroxyl groups excluding tert-OH is 1. The van der Waals surface area contributed by atoms with Gasteiger partial charge in [-0.1, -0.05) is 18.2 Å². The number of carbonyl (C=O) groups is 1. The van der Waals surface area contributed by atoms with Crippen molar-refractivity contribution < 1.29 is 14.3 Å². The highest BCUT2D eigenvalue weighted by molar-refractivity contribution is 5.78. The van der Waals surface area contributed by atoms with E-state index in [1.807, 2.05) is 6.07 Å². The Kier molecular flexibility index (Phi) is 5.09. The Morgan fingerprint density at radius 1 is 1.40 bits per heavy atom. The van der Waals surface area contributed by atoms with Crippen LogP contribution in [0.2, 0.25) is 0 Å². The van der Waals surface area contributed by atoms with Crippen molar-refractivity contribution in [1.82, 2.24) is 4.90 Å². The smallest absolute Gasteiger partial charge is 0.246 e. The minimum Gasteiger partial charge on any atom is -0.383 e. The van der Waals surface area contributed by atoms with Gasteiger partial charge in [0.05, 0.1) is 0 Å². The van der Waals surface area contributed by atoms with Crippen molar-refractivity contribution in [3.8, 4) is 0 Å². The average molecular weight is 280 g/mol. The van der Waals surface area contributed by atoms with Crippen molar-refractivity contribution in [1.29, 1.82) is 0 Å². The Morgan fingerprint density at radius 3 is 2.65 bits per heavy atom. The van der Waals surface area contributed by atoms with Gasteiger partial charge in [0.2, 0.25) is 5.91 Å². The number of likely N-dealkylation sites (tertiary alicyclic amines) is 1. The summed E-state index contributed by atoms with van der Waals surface area (Å²) in [7, 11) is 0. The average Bonchev–Trinajstić information content (AvgIpc) is 2.46. The lowest BCUT2D eigenvalue weighted by Gasteiger charge is -2.33. The van der Waals surface area contributed by atoms with Crippen LogP contribution in [0.25, 0.3) is 0 Å². The number of carbonyl (C=O) groups excluding carboxylic acids is 1. The van der Waals surface area contributed by atoms with Gasteiger partial charge < -0.3 is 15.7 Å². The molecule has 2 rings (SSSR count). The van der Waals surface area contributed by atoms with Gasteiger partial charge in [-0.15, -0.1) is 0 Å². The molecule has 1 saturated heterocycles. The molecule has 20 heavy (non-hydrogen) atoms. The molecule has 0 aromatic heterocycles. The molecule has 1 heterocycles. The molecule has 0 aliphatic carbocycles. The molecule has 4 nitrogen and oxygen atoms in total. The molecule has 3 N–H and O–H groups in total. The van der Waals surface area contributed by atoms with E-state index >= 15 is 0 Å². The fraction of sp³-hybridized carbons (Fsp3) is 0.533. The van der Waals surface area contributed by atoms with Crippen LogP contribution < -0.4 is 5.73 Å². The highest BCUT2D eigenvalue weighted by Gasteiger charge is 2.28. The minimum atomic E-state index is -1.04. The van der Waals surface area contributed by atoms with E-state index in [0.717, 1.165) is 38.0 Å². The third kappa shape index (κ3) is 3.77. The molecule has 1 fully saturated rings. The van der Waals surface area contributed by atoms with Gasteiger partial charge >= 0.3 is 0 Å². The van der Waals surface area contributed by atoms with Gasteiger partial charge in [-0.2, -0.15) is 0 Å². The molecule has 0 saturated carbocycles. The maximum absolute atomic E-state index is 13.5. The Labute approximate surface area is 118 Å². The first-order valence-electron chi connectivity index (χ1n) is 7.01. The van der Waals surface area contributed by atoms with Gasteiger partial charge in [0, 0.05) is 6.54 Å². The number of piperidine rings is 1. The predicted octanol–water partition coefficient (Wildman–Crippen LogP) is 0.926. The number of nitrogens with zero attached hydrogens (tertiary/aromatic N) is 1. The lowest BCUT2D eigenvalue weighted by atomic mass is 9.91. The topological polar surface area (TPSA) is 66.6 Å². The van der Waals surface area contributed by atoms with E-state index < -0.39 is 12.0 Å². The molecule has 1 aromatic rings. The number of hydrogen-bond donors (Lipinski definition) is 2. The van der Waals surface area contributed by atoms with Crippen LogP contribution in [0.5, 0.6) is 0 Å². The lowest BCUT2D eigenvalue weighted by Crippen LogP contribution is -2.43. The molecule has 1 atom stereocenters. The van der Waals surface area contributed by atoms with Gasteiger partial charge in [0.15, 0.2) is 0 Å². The minimum absolute atomic E-state index is 0.0442. The van der Waals surface area contributed by atoms with Gasteiger partial charge in [0.25, 0.3) is 0 Å². The van der Waals surface area contributed by atoms with E-state index in [1.165, 1.54) is 6.07 Å². The van der Waals surface area contributed by atoms with Gasteiger partial charge in [-0.05, 0) is 49.9 Å². The highest BCUT2D eigenvalue weighted by Crippen LogP contribution is 2.21. The van der Waals surface area contributed by atoms with Crippen molar-refractivity contribution in [3.05, 3.63) is 35.6 Å². The van der Waals surface area contributed by atoms with E-state index in [9.17, 15) is 14.3 Å². The summed E-state index contributed by atoms with van der Waals surface area (Å²) < 4.78 is 13.5. The zero-order valence-electron chi connectivity index (χ0n) is 11.5. The number of benzene rings is 1. The second-order valence-corrected chi connectivity index (χ2v) is 5.37. The van der Waals surface area contributed by atoms with Crippen LogP contribution in [0.15, 0.2) is 24.3 Å². The number of nitrogens with two attached hydrogens (primary N) is 1. The molecule has 110 valence electrons. The van der Waals surface area contributed by atoms with Crippen molar-refractivity contribution >= 4 is 5.91 Å². The van der Waals surface area contributed by atoms with E-state index in [2.05, 4.69) is 4.90 Å². The first-order chi connectivity index (χ1) is 9.58. The SMILES string of the molecule is NC(=O)[C@H](O)C1CCN(CCc2ccccc2F)CC1. The molecule has 1 aliphatic rings. The number of amides is 1. The summed E-state index contributed by atoms with van der Waals surface area (Å²) in [4.78, 5) is 13.2. The van der Waals surface area contributed by atoms with Crippen LogP contribution >= 0.6 is 0 Å². The molecule has 1 aromatic carbocycles. The molecular weight excluding hydrogens is 259 g/mol. The molecule has 0 radical (unpaired) electrons. The lowest BCUT2D eigenvalue weighted by molar-refractivity contribution is -0.129. The normalized spacial score (nSPS) is 18.9. The van der Waals surface area contributed by atoms with E-state index in [4.69, 9.17) is 5.73 Å². The summed E-state index contributed by atoms with van der Waals surface area (Å²) in [5.74, 6) is -0.849. The summed E-state index contributed by atoms with van der Waals surface area (Å²) in [5.41, 5.74) is 5.84. The maximum Gasteiger partial charge on any atom is 0.246 e. The Bertz CT molecular complexity index is 459. The van der Waals surface area contributed by atoms with Crippen LogP contribution in [-0.4, -0.2) is 41.7 Å². The van der Waals surface area contributed by atoms with Gasteiger partial charge in [-0.25, -0.2) is 4.39 Å². The number of aliphatic hydroxyl groups is 1. The Balaban J connectivity index is 1.78. The summed E-state index contributed by atoms with van der Waals surface area (Å²) in [6.07, 6.45) is 1.14.